The Morgan fingerprint density at radius 1 is 1.03 bits per heavy atom. The summed E-state index contributed by atoms with van der Waals surface area (Å²) in [5.41, 5.74) is 0.830. The molecule has 0 N–H and O–H groups in total. The van der Waals surface area contributed by atoms with Crippen LogP contribution in [0.2, 0.25) is 0 Å². The van der Waals surface area contributed by atoms with E-state index < -0.39 is 6.36 Å². The van der Waals surface area contributed by atoms with E-state index in [1.54, 1.807) is 18.2 Å². The van der Waals surface area contributed by atoms with Crippen LogP contribution in [0, 0.1) is 0 Å². The van der Waals surface area contributed by atoms with Crippen LogP contribution in [-0.4, -0.2) is 63.6 Å². The van der Waals surface area contributed by atoms with E-state index in [4.69, 9.17) is 9.47 Å². The number of anilines is 1. The zero-order valence-electron chi connectivity index (χ0n) is 17.9. The lowest BCUT2D eigenvalue weighted by Gasteiger charge is -2.22. The van der Waals surface area contributed by atoms with Crippen LogP contribution in [-0.2, 0) is 0 Å². The quantitative estimate of drug-likeness (QED) is 0.487. The Hall–Kier alpha value is -3.05. The second-order valence-corrected chi connectivity index (χ2v) is 8.01. The van der Waals surface area contributed by atoms with Crippen molar-refractivity contribution < 1.29 is 32.2 Å². The number of alkyl halides is 3. The number of aromatic nitrogens is 1. The Kier molecular flexibility index (Phi) is 7.09. The van der Waals surface area contributed by atoms with Crippen molar-refractivity contribution in [3.8, 4) is 17.2 Å². The monoisotopic (exact) mass is 469 g/mol. The maximum absolute atomic E-state index is 13.4. The number of ether oxygens (including phenoxy) is 3. The molecule has 0 aliphatic rings. The van der Waals surface area contributed by atoms with Crippen molar-refractivity contribution in [2.24, 2.45) is 0 Å². The summed E-state index contributed by atoms with van der Waals surface area (Å²) in [6.45, 7) is 0.878. The number of hydrogen-bond acceptors (Lipinski definition) is 7. The Morgan fingerprint density at radius 3 is 2.38 bits per heavy atom. The van der Waals surface area contributed by atoms with E-state index in [0.29, 0.717) is 45.5 Å². The van der Waals surface area contributed by atoms with Crippen LogP contribution in [0.15, 0.2) is 36.4 Å². The maximum atomic E-state index is 13.4. The first-order chi connectivity index (χ1) is 15.1. The molecule has 0 saturated carbocycles. The van der Waals surface area contributed by atoms with Crippen LogP contribution in [0.25, 0.3) is 10.2 Å². The van der Waals surface area contributed by atoms with E-state index in [-0.39, 0.29) is 11.7 Å². The van der Waals surface area contributed by atoms with E-state index in [1.165, 1.54) is 37.3 Å². The Labute approximate surface area is 186 Å². The molecular formula is C21H22F3N3O4S. The number of hydrogen-bond donors (Lipinski definition) is 0. The number of benzene rings is 2. The van der Waals surface area contributed by atoms with Crippen molar-refractivity contribution in [2.75, 3.05) is 46.3 Å². The zero-order valence-corrected chi connectivity index (χ0v) is 18.7. The van der Waals surface area contributed by atoms with E-state index in [2.05, 4.69) is 9.72 Å². The van der Waals surface area contributed by atoms with Gasteiger partial charge in [0, 0.05) is 24.7 Å². The van der Waals surface area contributed by atoms with Crippen LogP contribution in [0.5, 0.6) is 17.2 Å². The fourth-order valence-corrected chi connectivity index (χ4v) is 3.93. The highest BCUT2D eigenvalue weighted by atomic mass is 32.1. The van der Waals surface area contributed by atoms with E-state index in [1.807, 2.05) is 19.0 Å². The van der Waals surface area contributed by atoms with Gasteiger partial charge in [0.25, 0.3) is 5.91 Å². The summed E-state index contributed by atoms with van der Waals surface area (Å²) in [6, 6.07) is 8.72. The van der Waals surface area contributed by atoms with Gasteiger partial charge >= 0.3 is 6.36 Å². The summed E-state index contributed by atoms with van der Waals surface area (Å²) in [7, 11) is 6.72. The molecule has 1 heterocycles. The van der Waals surface area contributed by atoms with Gasteiger partial charge in [0.1, 0.15) is 5.75 Å². The minimum absolute atomic E-state index is 0.321. The van der Waals surface area contributed by atoms with Crippen LogP contribution in [0.1, 0.15) is 10.4 Å². The number of nitrogens with zero attached hydrogens (tertiary/aromatic N) is 3. The number of thiazole rings is 1. The fraction of sp³-hybridized carbons (Fsp3) is 0.333. The molecule has 7 nitrogen and oxygen atoms in total. The predicted octanol–water partition coefficient (Wildman–Crippen LogP) is 4.42. The van der Waals surface area contributed by atoms with Gasteiger partial charge < -0.3 is 19.1 Å². The third-order valence-electron chi connectivity index (χ3n) is 4.46. The van der Waals surface area contributed by atoms with Crippen molar-refractivity contribution >= 4 is 32.6 Å². The standard InChI is InChI=1S/C21H22F3N3O4S/c1-26(2)9-10-27(19(28)13-5-8-16(29-3)17(11-13)30-4)20-25-15-7-6-14(12-18(15)32-20)31-21(22,23)24/h5-8,11-12H,9-10H2,1-4H3. The number of carbonyl (C=O) groups is 1. The summed E-state index contributed by atoms with van der Waals surface area (Å²) in [6.07, 6.45) is -4.79. The van der Waals surface area contributed by atoms with Gasteiger partial charge in [-0.05, 0) is 44.4 Å². The van der Waals surface area contributed by atoms with Crippen molar-refractivity contribution in [1.29, 1.82) is 0 Å². The van der Waals surface area contributed by atoms with Crippen LogP contribution < -0.4 is 19.1 Å². The highest BCUT2D eigenvalue weighted by molar-refractivity contribution is 7.22. The van der Waals surface area contributed by atoms with E-state index in [9.17, 15) is 18.0 Å². The predicted molar refractivity (Wildman–Crippen MR) is 116 cm³/mol. The van der Waals surface area contributed by atoms with Gasteiger partial charge in [-0.2, -0.15) is 0 Å². The highest BCUT2D eigenvalue weighted by Gasteiger charge is 2.31. The van der Waals surface area contributed by atoms with Gasteiger partial charge in [-0.15, -0.1) is 13.2 Å². The Balaban J connectivity index is 1.98. The highest BCUT2D eigenvalue weighted by Crippen LogP contribution is 2.34. The summed E-state index contributed by atoms with van der Waals surface area (Å²) in [5.74, 6) is 0.232. The second kappa shape index (κ2) is 9.61. The molecule has 0 saturated heterocycles. The molecule has 0 spiro atoms. The Morgan fingerprint density at radius 2 is 1.75 bits per heavy atom. The molecule has 0 bridgehead atoms. The van der Waals surface area contributed by atoms with Crippen LogP contribution in [0.3, 0.4) is 0 Å². The topological polar surface area (TPSA) is 64.1 Å². The van der Waals surface area contributed by atoms with Crippen molar-refractivity contribution in [1.82, 2.24) is 9.88 Å². The molecule has 172 valence electrons. The van der Waals surface area contributed by atoms with Crippen LogP contribution in [0.4, 0.5) is 18.3 Å². The Bertz CT molecular complexity index is 1100. The number of amides is 1. The van der Waals surface area contributed by atoms with Crippen molar-refractivity contribution in [3.05, 3.63) is 42.0 Å². The number of carbonyl (C=O) groups excluding carboxylic acids is 1. The van der Waals surface area contributed by atoms with E-state index in [0.717, 1.165) is 11.3 Å². The molecule has 0 aliphatic heterocycles. The molecule has 2 aromatic carbocycles. The molecule has 0 fully saturated rings. The molecular weight excluding hydrogens is 447 g/mol. The van der Waals surface area contributed by atoms with Gasteiger partial charge in [-0.25, -0.2) is 4.98 Å². The molecule has 11 heteroatoms. The first kappa shape index (κ1) is 23.6. The molecule has 3 rings (SSSR count). The number of rotatable bonds is 8. The summed E-state index contributed by atoms with van der Waals surface area (Å²) in [5, 5.41) is 0.366. The number of fused-ring (bicyclic) bond motifs is 1. The second-order valence-electron chi connectivity index (χ2n) is 7.00. The molecule has 0 aliphatic carbocycles. The normalized spacial score (nSPS) is 11.6. The van der Waals surface area contributed by atoms with Gasteiger partial charge in [-0.1, -0.05) is 11.3 Å². The molecule has 0 atom stereocenters. The van der Waals surface area contributed by atoms with Gasteiger partial charge in [0.2, 0.25) is 0 Å². The third kappa shape index (κ3) is 5.60. The fourth-order valence-electron chi connectivity index (χ4n) is 2.91. The first-order valence-electron chi connectivity index (χ1n) is 9.46. The minimum atomic E-state index is -4.79. The zero-order chi connectivity index (χ0) is 23.5. The third-order valence-corrected chi connectivity index (χ3v) is 5.50. The summed E-state index contributed by atoms with van der Waals surface area (Å²) < 4.78 is 52.6. The molecule has 1 amide bonds. The molecule has 0 unspecified atom stereocenters. The number of likely N-dealkylation sites (N-methyl/N-ethyl adjacent to an activating group) is 1. The summed E-state index contributed by atoms with van der Waals surface area (Å²) in [4.78, 5) is 21.2. The first-order valence-corrected chi connectivity index (χ1v) is 10.3. The number of methoxy groups -OCH3 is 2. The minimum Gasteiger partial charge on any atom is -0.493 e. The molecule has 1 aromatic heterocycles. The van der Waals surface area contributed by atoms with Gasteiger partial charge in [0.05, 0.1) is 24.4 Å². The smallest absolute Gasteiger partial charge is 0.493 e. The lowest BCUT2D eigenvalue weighted by Crippen LogP contribution is -2.36. The van der Waals surface area contributed by atoms with Gasteiger partial charge in [-0.3, -0.25) is 9.69 Å². The maximum Gasteiger partial charge on any atom is 0.573 e. The van der Waals surface area contributed by atoms with Gasteiger partial charge in [0.15, 0.2) is 16.6 Å². The molecule has 32 heavy (non-hydrogen) atoms. The number of halogens is 3. The SMILES string of the molecule is COc1ccc(C(=O)N(CCN(C)C)c2nc3ccc(OC(F)(F)F)cc3s2)cc1OC. The van der Waals surface area contributed by atoms with Crippen molar-refractivity contribution in [2.45, 2.75) is 6.36 Å². The average Bonchev–Trinajstić information content (AvgIpc) is 3.14. The van der Waals surface area contributed by atoms with Crippen LogP contribution >= 0.6 is 11.3 Å². The average molecular weight is 469 g/mol. The van der Waals surface area contributed by atoms with E-state index >= 15 is 0 Å². The lowest BCUT2D eigenvalue weighted by molar-refractivity contribution is -0.274. The van der Waals surface area contributed by atoms with Crippen molar-refractivity contribution in [3.63, 3.8) is 0 Å². The lowest BCUT2D eigenvalue weighted by atomic mass is 10.1. The molecule has 0 radical (unpaired) electrons. The largest absolute Gasteiger partial charge is 0.573 e. The molecule has 3 aromatic rings. The summed E-state index contributed by atoms with van der Waals surface area (Å²) >= 11 is 1.11.